The van der Waals surface area contributed by atoms with Crippen LogP contribution in [0.1, 0.15) is 27.1 Å². The number of nitrogens with zero attached hydrogens (tertiary/aromatic N) is 1. The summed E-state index contributed by atoms with van der Waals surface area (Å²) >= 11 is 0. The van der Waals surface area contributed by atoms with Gasteiger partial charge in [-0.2, -0.15) is 0 Å². The van der Waals surface area contributed by atoms with E-state index in [1.54, 1.807) is 0 Å². The Morgan fingerprint density at radius 3 is 2.18 bits per heavy atom. The van der Waals surface area contributed by atoms with Crippen LogP contribution in [0.15, 0.2) is 0 Å². The molecular weight excluding hydrogens is 133 g/mol. The average Bonchev–Trinajstić information content (AvgIpc) is 2.20. The number of rotatable bonds is 0. The second-order valence-corrected chi connectivity index (χ2v) is 3.68. The number of piperidine rings is 1. The summed E-state index contributed by atoms with van der Waals surface area (Å²) in [7, 11) is 2.19. The summed E-state index contributed by atoms with van der Waals surface area (Å²) in [6, 6.07) is 1.38. The van der Waals surface area contributed by atoms with Gasteiger partial charge in [-0.05, 0) is 32.7 Å². The van der Waals surface area contributed by atoms with Crippen molar-refractivity contribution in [1.82, 2.24) is 4.90 Å². The molecule has 60 valence electrons. The molecule has 0 aromatic carbocycles. The fraction of sp³-hybridized carbons (Fsp3) is 1.00. The first kappa shape index (κ1) is 9.60. The van der Waals surface area contributed by atoms with E-state index in [-0.39, 0.29) is 26.4 Å². The van der Waals surface area contributed by atoms with Gasteiger partial charge >= 0.3 is 18.9 Å². The fourth-order valence-electron chi connectivity index (χ4n) is 2.38. The van der Waals surface area contributed by atoms with Crippen LogP contribution in [0.5, 0.6) is 0 Å². The van der Waals surface area contributed by atoms with Crippen molar-refractivity contribution < 1.29 is 25.4 Å². The summed E-state index contributed by atoms with van der Waals surface area (Å²) in [4.78, 5) is 2.44. The van der Waals surface area contributed by atoms with Gasteiger partial charge in [0.2, 0.25) is 0 Å². The molecule has 3 heteroatoms. The normalized spacial score (nSPS) is 43.6. The van der Waals surface area contributed by atoms with E-state index < -0.39 is 0 Å². The zero-order valence-corrected chi connectivity index (χ0v) is 7.45. The summed E-state index contributed by atoms with van der Waals surface area (Å²) < 4.78 is 0. The summed E-state index contributed by atoms with van der Waals surface area (Å²) in [5.74, 6) is 0. The maximum absolute atomic E-state index is 9.38. The van der Waals surface area contributed by atoms with Gasteiger partial charge in [0, 0.05) is 12.1 Å². The van der Waals surface area contributed by atoms with E-state index in [1.807, 2.05) is 0 Å². The molecule has 0 radical (unpaired) electrons. The largest absolute Gasteiger partial charge is 1.00 e. The zero-order valence-electron chi connectivity index (χ0n) is 8.45. The predicted molar refractivity (Wildman–Crippen MR) is 40.9 cm³/mol. The Balaban J connectivity index is 0.000000605. The Morgan fingerprint density at radius 1 is 1.27 bits per heavy atom. The number of aliphatic hydroxyl groups is 1. The van der Waals surface area contributed by atoms with E-state index >= 15 is 0 Å². The SMILES string of the molecule is CN1C2CCC1CC(O)C2.[H-].[Li+]. The topological polar surface area (TPSA) is 23.5 Å². The summed E-state index contributed by atoms with van der Waals surface area (Å²) in [6.07, 6.45) is 4.62. The molecule has 2 rings (SSSR count). The van der Waals surface area contributed by atoms with Gasteiger partial charge in [0.05, 0.1) is 6.10 Å². The molecule has 11 heavy (non-hydrogen) atoms. The van der Waals surface area contributed by atoms with E-state index in [2.05, 4.69) is 11.9 Å². The molecule has 0 aromatic heterocycles. The van der Waals surface area contributed by atoms with Crippen LogP contribution in [0.2, 0.25) is 0 Å². The molecule has 2 aliphatic heterocycles. The average molecular weight is 149 g/mol. The first-order valence-corrected chi connectivity index (χ1v) is 4.17. The summed E-state index contributed by atoms with van der Waals surface area (Å²) in [6.45, 7) is 0. The van der Waals surface area contributed by atoms with Crippen LogP contribution < -0.4 is 18.9 Å². The van der Waals surface area contributed by atoms with Crippen LogP contribution in [0, 0.1) is 0 Å². The third-order valence-corrected chi connectivity index (χ3v) is 3.07. The number of hydrogen-bond acceptors (Lipinski definition) is 2. The molecule has 2 heterocycles. The summed E-state index contributed by atoms with van der Waals surface area (Å²) in [5.41, 5.74) is 0. The van der Waals surface area contributed by atoms with Gasteiger partial charge in [-0.15, -0.1) is 0 Å². The second-order valence-electron chi connectivity index (χ2n) is 3.68. The van der Waals surface area contributed by atoms with Crippen molar-refractivity contribution in [2.24, 2.45) is 0 Å². The third-order valence-electron chi connectivity index (χ3n) is 3.07. The molecule has 0 aliphatic carbocycles. The van der Waals surface area contributed by atoms with Crippen molar-refractivity contribution in [2.75, 3.05) is 7.05 Å². The van der Waals surface area contributed by atoms with Crippen molar-refractivity contribution in [3.8, 4) is 0 Å². The van der Waals surface area contributed by atoms with Gasteiger partial charge in [-0.3, -0.25) is 0 Å². The van der Waals surface area contributed by atoms with Crippen LogP contribution in [0.25, 0.3) is 0 Å². The van der Waals surface area contributed by atoms with Crippen molar-refractivity contribution >= 4 is 0 Å². The Morgan fingerprint density at radius 2 is 1.73 bits per heavy atom. The van der Waals surface area contributed by atoms with E-state index in [0.29, 0.717) is 12.1 Å². The van der Waals surface area contributed by atoms with Crippen molar-refractivity contribution in [2.45, 2.75) is 43.9 Å². The van der Waals surface area contributed by atoms with Crippen LogP contribution in [-0.4, -0.2) is 35.2 Å². The van der Waals surface area contributed by atoms with E-state index in [0.717, 1.165) is 12.8 Å². The van der Waals surface area contributed by atoms with Gasteiger partial charge < -0.3 is 11.4 Å². The van der Waals surface area contributed by atoms with E-state index in [1.165, 1.54) is 12.8 Å². The maximum Gasteiger partial charge on any atom is 1.00 e. The summed E-state index contributed by atoms with van der Waals surface area (Å²) in [5, 5.41) is 9.38. The molecule has 2 fully saturated rings. The van der Waals surface area contributed by atoms with Crippen molar-refractivity contribution in [1.29, 1.82) is 0 Å². The van der Waals surface area contributed by atoms with Crippen LogP contribution in [-0.2, 0) is 0 Å². The van der Waals surface area contributed by atoms with Gasteiger partial charge in [0.25, 0.3) is 0 Å². The van der Waals surface area contributed by atoms with Gasteiger partial charge in [-0.1, -0.05) is 0 Å². The minimum atomic E-state index is -0.00583. The first-order valence-electron chi connectivity index (χ1n) is 4.17. The first-order chi connectivity index (χ1) is 4.77. The van der Waals surface area contributed by atoms with Crippen molar-refractivity contribution in [3.63, 3.8) is 0 Å². The van der Waals surface area contributed by atoms with E-state index in [4.69, 9.17) is 0 Å². The molecule has 2 nitrogen and oxygen atoms in total. The Hall–Kier alpha value is 0.517. The second kappa shape index (κ2) is 3.49. The van der Waals surface area contributed by atoms with Gasteiger partial charge in [-0.25, -0.2) is 0 Å². The molecular formula is C8H16LiNO. The maximum atomic E-state index is 9.38. The standard InChI is InChI=1S/C8H15NO.Li.H/c1-9-6-2-3-7(9)5-8(10)4-6;;/h6-8,10H,2-5H2,1H3;;/q;+1;-1. The molecule has 0 aromatic rings. The smallest absolute Gasteiger partial charge is 1.00 e. The van der Waals surface area contributed by atoms with Crippen LogP contribution >= 0.6 is 0 Å². The Labute approximate surface area is 81.6 Å². The molecule has 0 spiro atoms. The van der Waals surface area contributed by atoms with Gasteiger partial charge in [0.15, 0.2) is 0 Å². The molecule has 2 unspecified atom stereocenters. The minimum absolute atomic E-state index is 0. The van der Waals surface area contributed by atoms with Gasteiger partial charge in [0.1, 0.15) is 0 Å². The quantitative estimate of drug-likeness (QED) is 0.392. The van der Waals surface area contributed by atoms with Crippen LogP contribution in [0.3, 0.4) is 0 Å². The monoisotopic (exact) mass is 149 g/mol. The third kappa shape index (κ3) is 1.65. The predicted octanol–water partition coefficient (Wildman–Crippen LogP) is -2.28. The van der Waals surface area contributed by atoms with Crippen molar-refractivity contribution in [3.05, 3.63) is 0 Å². The Kier molecular flexibility index (Phi) is 3.05. The fourth-order valence-corrected chi connectivity index (χ4v) is 2.38. The number of aliphatic hydroxyl groups excluding tert-OH is 1. The molecule has 0 amide bonds. The number of fused-ring (bicyclic) bond motifs is 2. The zero-order chi connectivity index (χ0) is 7.14. The molecule has 2 atom stereocenters. The molecule has 1 N–H and O–H groups in total. The minimum Gasteiger partial charge on any atom is -1.00 e. The Bertz CT molecular complexity index is 133. The van der Waals surface area contributed by atoms with Crippen LogP contribution in [0.4, 0.5) is 0 Å². The molecule has 2 bridgehead atoms. The molecule has 2 aliphatic rings. The molecule has 2 saturated heterocycles. The van der Waals surface area contributed by atoms with E-state index in [9.17, 15) is 5.11 Å². The molecule has 0 saturated carbocycles. The number of hydrogen-bond donors (Lipinski definition) is 1.